The number of benzene rings is 1. The van der Waals surface area contributed by atoms with Gasteiger partial charge in [0.2, 0.25) is 5.91 Å². The number of hydrogen-bond acceptors (Lipinski definition) is 4. The topological polar surface area (TPSA) is 96.1 Å². The minimum absolute atomic E-state index is 0.00614. The molecule has 0 bridgehead atoms. The maximum Gasteiger partial charge on any atom is 0.407 e. The molecule has 1 fully saturated rings. The molecular weight excluding hydrogens is 408 g/mol. The number of hydrogen-bond donors (Lipinski definition) is 3. The monoisotopic (exact) mass is 428 g/mol. The number of H-pyrrole nitrogens is 1. The molecule has 1 unspecified atom stereocenters. The predicted molar refractivity (Wildman–Crippen MR) is 98.1 cm³/mol. The van der Waals surface area contributed by atoms with Gasteiger partial charge in [-0.25, -0.2) is 22.4 Å². The largest absolute Gasteiger partial charge is 0.446 e. The molecule has 2 amide bonds. The average molecular weight is 428 g/mol. The Morgan fingerprint density at radius 1 is 1.17 bits per heavy atom. The summed E-state index contributed by atoms with van der Waals surface area (Å²) in [5, 5.41) is 11.4. The van der Waals surface area contributed by atoms with Crippen molar-refractivity contribution in [3.05, 3.63) is 47.2 Å². The first-order valence-electron chi connectivity index (χ1n) is 9.31. The van der Waals surface area contributed by atoms with Crippen molar-refractivity contribution < 1.29 is 31.9 Å². The van der Waals surface area contributed by atoms with Gasteiger partial charge < -0.3 is 15.4 Å². The molecule has 162 valence electrons. The van der Waals surface area contributed by atoms with Crippen LogP contribution in [0.4, 0.5) is 28.2 Å². The van der Waals surface area contributed by atoms with E-state index in [4.69, 9.17) is 4.74 Å². The fourth-order valence-corrected chi connectivity index (χ4v) is 3.38. The molecule has 0 spiro atoms. The normalized spacial score (nSPS) is 18.4. The second kappa shape index (κ2) is 9.59. The van der Waals surface area contributed by atoms with Crippen molar-refractivity contribution in [3.8, 4) is 0 Å². The van der Waals surface area contributed by atoms with Gasteiger partial charge in [0.05, 0.1) is 13.0 Å². The van der Waals surface area contributed by atoms with E-state index in [1.807, 2.05) is 5.32 Å². The summed E-state index contributed by atoms with van der Waals surface area (Å²) in [4.78, 5) is 23.6. The van der Waals surface area contributed by atoms with Crippen molar-refractivity contribution >= 4 is 17.8 Å². The Hall–Kier alpha value is -3.11. The summed E-state index contributed by atoms with van der Waals surface area (Å²) in [7, 11) is 0. The van der Waals surface area contributed by atoms with E-state index in [0.717, 1.165) is 23.9 Å². The van der Waals surface area contributed by atoms with E-state index in [0.29, 0.717) is 19.3 Å². The summed E-state index contributed by atoms with van der Waals surface area (Å²) in [6.07, 6.45) is -2.41. The number of halogens is 4. The number of aromatic nitrogens is 2. The lowest BCUT2D eigenvalue weighted by Gasteiger charge is -2.13. The van der Waals surface area contributed by atoms with Crippen LogP contribution in [0.2, 0.25) is 0 Å². The van der Waals surface area contributed by atoms with E-state index in [1.165, 1.54) is 0 Å². The Bertz CT molecular complexity index is 885. The third-order valence-electron chi connectivity index (χ3n) is 4.65. The number of anilines is 1. The first-order valence-corrected chi connectivity index (χ1v) is 9.31. The molecule has 1 aliphatic carbocycles. The predicted octanol–water partition coefficient (Wildman–Crippen LogP) is 3.50. The van der Waals surface area contributed by atoms with Crippen LogP contribution < -0.4 is 10.6 Å². The molecule has 7 nitrogen and oxygen atoms in total. The van der Waals surface area contributed by atoms with Crippen LogP contribution in [0, 0.1) is 11.6 Å². The van der Waals surface area contributed by atoms with E-state index < -0.39 is 42.7 Å². The van der Waals surface area contributed by atoms with Gasteiger partial charge in [0.1, 0.15) is 17.7 Å². The Morgan fingerprint density at radius 2 is 1.90 bits per heavy atom. The molecule has 2 aromatic rings. The molecule has 3 rings (SSSR count). The van der Waals surface area contributed by atoms with Gasteiger partial charge in [-0.3, -0.25) is 9.89 Å². The molecule has 30 heavy (non-hydrogen) atoms. The minimum atomic E-state index is -2.65. The molecule has 11 heteroatoms. The van der Waals surface area contributed by atoms with Gasteiger partial charge in [-0.05, 0) is 37.0 Å². The van der Waals surface area contributed by atoms with Gasteiger partial charge in [0.25, 0.3) is 6.43 Å². The summed E-state index contributed by atoms with van der Waals surface area (Å²) in [5.41, 5.74) is 0.919. The number of alkyl carbamates (subject to hydrolysis) is 1. The van der Waals surface area contributed by atoms with Crippen molar-refractivity contribution in [3.63, 3.8) is 0 Å². The lowest BCUT2D eigenvalue weighted by atomic mass is 10.0. The summed E-state index contributed by atoms with van der Waals surface area (Å²) < 4.78 is 55.7. The molecule has 1 aromatic carbocycles. The number of nitrogens with one attached hydrogen (secondary N) is 3. The molecule has 0 saturated heterocycles. The number of carbonyl (C=O) groups is 2. The van der Waals surface area contributed by atoms with E-state index in [-0.39, 0.29) is 23.7 Å². The molecule has 2 atom stereocenters. The van der Waals surface area contributed by atoms with E-state index in [9.17, 15) is 27.2 Å². The van der Waals surface area contributed by atoms with Crippen LogP contribution in [0.25, 0.3) is 0 Å². The van der Waals surface area contributed by atoms with Crippen LogP contribution in [0.3, 0.4) is 0 Å². The highest BCUT2D eigenvalue weighted by Crippen LogP contribution is 2.35. The first kappa shape index (κ1) is 21.6. The van der Waals surface area contributed by atoms with Gasteiger partial charge in [-0.1, -0.05) is 0 Å². The summed E-state index contributed by atoms with van der Waals surface area (Å²) >= 11 is 0. The lowest BCUT2D eigenvalue weighted by molar-refractivity contribution is -0.115. The standard InChI is InChI=1S/C19H20F4N4O3/c20-12-3-10(4-13(21)7-12)5-18(28)25-17-8-15(26-27-17)11-1-2-14(6-11)30-19(29)24-9-16(22)23/h3-4,7-8,11,14,16H,1-2,5-6,9H2,(H,24,29)(H2,25,26,27,28)/t11-,14?/m0/s1. The van der Waals surface area contributed by atoms with Crippen molar-refractivity contribution in [2.45, 2.75) is 44.1 Å². The third kappa shape index (κ3) is 6.19. The van der Waals surface area contributed by atoms with Crippen LogP contribution >= 0.6 is 0 Å². The highest BCUT2D eigenvalue weighted by Gasteiger charge is 2.30. The van der Waals surface area contributed by atoms with Gasteiger partial charge in [0, 0.05) is 23.7 Å². The summed E-state index contributed by atoms with van der Waals surface area (Å²) in [5.74, 6) is -1.76. The fraction of sp³-hybridized carbons (Fsp3) is 0.421. The third-order valence-corrected chi connectivity index (χ3v) is 4.65. The zero-order valence-electron chi connectivity index (χ0n) is 15.8. The molecule has 1 heterocycles. The second-order valence-electron chi connectivity index (χ2n) is 7.02. The molecule has 0 aliphatic heterocycles. The van der Waals surface area contributed by atoms with Crippen LogP contribution in [0.5, 0.6) is 0 Å². The molecule has 1 saturated carbocycles. The van der Waals surface area contributed by atoms with Crippen LogP contribution in [0.15, 0.2) is 24.3 Å². The molecule has 1 aliphatic rings. The van der Waals surface area contributed by atoms with Crippen molar-refractivity contribution in [1.29, 1.82) is 0 Å². The Labute approximate surface area is 169 Å². The van der Waals surface area contributed by atoms with Crippen LogP contribution in [0.1, 0.15) is 36.4 Å². The maximum atomic E-state index is 13.2. The van der Waals surface area contributed by atoms with Crippen LogP contribution in [-0.4, -0.2) is 41.3 Å². The number of rotatable bonds is 7. The number of ether oxygens (including phenoxy) is 1. The lowest BCUT2D eigenvalue weighted by Crippen LogP contribution is -2.31. The van der Waals surface area contributed by atoms with E-state index >= 15 is 0 Å². The highest BCUT2D eigenvalue weighted by atomic mass is 19.3. The van der Waals surface area contributed by atoms with Gasteiger partial charge >= 0.3 is 6.09 Å². The fourth-order valence-electron chi connectivity index (χ4n) is 3.38. The van der Waals surface area contributed by atoms with Crippen molar-refractivity contribution in [2.24, 2.45) is 0 Å². The first-order chi connectivity index (χ1) is 14.3. The van der Waals surface area contributed by atoms with Gasteiger partial charge in [0.15, 0.2) is 5.82 Å². The Kier molecular flexibility index (Phi) is 6.91. The molecular formula is C19H20F4N4O3. The quantitative estimate of drug-likeness (QED) is 0.589. The molecule has 3 N–H and O–H groups in total. The maximum absolute atomic E-state index is 13.2. The molecule has 1 aromatic heterocycles. The zero-order chi connectivity index (χ0) is 21.7. The van der Waals surface area contributed by atoms with Gasteiger partial charge in [-0.2, -0.15) is 5.10 Å². The minimum Gasteiger partial charge on any atom is -0.446 e. The Morgan fingerprint density at radius 3 is 2.60 bits per heavy atom. The summed E-state index contributed by atoms with van der Waals surface area (Å²) in [6.45, 7) is -0.763. The van der Waals surface area contributed by atoms with Gasteiger partial charge in [-0.15, -0.1) is 0 Å². The molecule has 0 radical (unpaired) electrons. The number of alkyl halides is 2. The van der Waals surface area contributed by atoms with E-state index in [1.54, 1.807) is 6.07 Å². The SMILES string of the molecule is O=C(Cc1cc(F)cc(F)c1)Nc1cc([C@H]2CCC(OC(=O)NCC(F)F)C2)[nH]n1. The number of amides is 2. The Balaban J connectivity index is 1.49. The number of nitrogens with zero attached hydrogens (tertiary/aromatic N) is 1. The number of aromatic amines is 1. The van der Waals surface area contributed by atoms with Crippen molar-refractivity contribution in [1.82, 2.24) is 15.5 Å². The van der Waals surface area contributed by atoms with Crippen LogP contribution in [-0.2, 0) is 16.0 Å². The van der Waals surface area contributed by atoms with Crippen molar-refractivity contribution in [2.75, 3.05) is 11.9 Å². The smallest absolute Gasteiger partial charge is 0.407 e. The highest BCUT2D eigenvalue weighted by molar-refractivity contribution is 5.91. The number of carbonyl (C=O) groups excluding carboxylic acids is 2. The van der Waals surface area contributed by atoms with E-state index in [2.05, 4.69) is 15.5 Å². The summed E-state index contributed by atoms with van der Waals surface area (Å²) in [6, 6.07) is 4.51. The zero-order valence-corrected chi connectivity index (χ0v) is 15.8. The second-order valence-corrected chi connectivity index (χ2v) is 7.02. The average Bonchev–Trinajstić information content (AvgIpc) is 3.28.